The number of nitrogens with zero attached hydrogens (tertiary/aromatic N) is 1. The van der Waals surface area contributed by atoms with Crippen LogP contribution in [0, 0.1) is 0 Å². The summed E-state index contributed by atoms with van der Waals surface area (Å²) in [5.41, 5.74) is 1.39. The normalized spacial score (nSPS) is 20.0. The van der Waals surface area contributed by atoms with Crippen LogP contribution in [0.25, 0.3) is 0 Å². The first-order valence-electron chi connectivity index (χ1n) is 7.94. The largest absolute Gasteiger partial charge is 0.494 e. The molecule has 3 nitrogen and oxygen atoms in total. The van der Waals surface area contributed by atoms with E-state index in [1.165, 1.54) is 37.8 Å². The number of nitrogens with one attached hydrogen (secondary N) is 1. The van der Waals surface area contributed by atoms with E-state index in [9.17, 15) is 0 Å². The molecule has 112 valence electrons. The Morgan fingerprint density at radius 1 is 1.25 bits per heavy atom. The van der Waals surface area contributed by atoms with Crippen molar-refractivity contribution in [1.82, 2.24) is 10.2 Å². The summed E-state index contributed by atoms with van der Waals surface area (Å²) in [6, 6.07) is 9.32. The van der Waals surface area contributed by atoms with E-state index in [4.69, 9.17) is 4.74 Å². The molecule has 1 aromatic rings. The van der Waals surface area contributed by atoms with Gasteiger partial charge in [0.05, 0.1) is 6.61 Å². The topological polar surface area (TPSA) is 24.5 Å². The number of likely N-dealkylation sites (tertiary alicyclic amines) is 1. The highest BCUT2D eigenvalue weighted by Crippen LogP contribution is 2.22. The molecule has 0 radical (unpaired) electrons. The van der Waals surface area contributed by atoms with Crippen LogP contribution in [0.2, 0.25) is 0 Å². The molecular formula is C17H28N2O. The van der Waals surface area contributed by atoms with Crippen LogP contribution in [-0.4, -0.2) is 37.7 Å². The van der Waals surface area contributed by atoms with E-state index in [0.717, 1.165) is 31.5 Å². The third-order valence-electron chi connectivity index (χ3n) is 4.10. The van der Waals surface area contributed by atoms with Gasteiger partial charge in [0.2, 0.25) is 0 Å². The van der Waals surface area contributed by atoms with Gasteiger partial charge in [-0.3, -0.25) is 4.90 Å². The molecule has 1 unspecified atom stereocenters. The number of ether oxygens (including phenoxy) is 1. The van der Waals surface area contributed by atoms with Crippen LogP contribution in [0.1, 0.15) is 38.2 Å². The van der Waals surface area contributed by atoms with Gasteiger partial charge in [0.25, 0.3) is 0 Å². The molecule has 1 N–H and O–H groups in total. The molecule has 1 fully saturated rings. The van der Waals surface area contributed by atoms with E-state index in [1.54, 1.807) is 0 Å². The highest BCUT2D eigenvalue weighted by molar-refractivity contribution is 5.27. The van der Waals surface area contributed by atoms with Crippen molar-refractivity contribution in [3.05, 3.63) is 29.8 Å². The van der Waals surface area contributed by atoms with E-state index in [1.807, 2.05) is 14.0 Å². The van der Waals surface area contributed by atoms with E-state index in [2.05, 4.69) is 34.5 Å². The third kappa shape index (κ3) is 4.50. The van der Waals surface area contributed by atoms with Crippen LogP contribution in [0.3, 0.4) is 0 Å². The molecule has 20 heavy (non-hydrogen) atoms. The first kappa shape index (κ1) is 15.3. The smallest absolute Gasteiger partial charge is 0.119 e. The quantitative estimate of drug-likeness (QED) is 0.828. The maximum atomic E-state index is 5.50. The fourth-order valence-electron chi connectivity index (χ4n) is 3.00. The van der Waals surface area contributed by atoms with Gasteiger partial charge in [-0.05, 0) is 64.0 Å². The summed E-state index contributed by atoms with van der Waals surface area (Å²) in [5, 5.41) is 3.28. The molecule has 1 saturated heterocycles. The second kappa shape index (κ2) is 8.28. The minimum atomic E-state index is 0.734. The zero-order valence-electron chi connectivity index (χ0n) is 12.9. The third-order valence-corrected chi connectivity index (χ3v) is 4.10. The molecule has 0 aliphatic carbocycles. The minimum Gasteiger partial charge on any atom is -0.494 e. The Bertz CT molecular complexity index is 377. The van der Waals surface area contributed by atoms with E-state index in [0.29, 0.717) is 0 Å². The predicted molar refractivity (Wildman–Crippen MR) is 84.2 cm³/mol. The molecule has 0 aromatic heterocycles. The second-order valence-electron chi connectivity index (χ2n) is 5.59. The highest BCUT2D eigenvalue weighted by atomic mass is 16.5. The lowest BCUT2D eigenvalue weighted by Crippen LogP contribution is -2.40. The number of hydrogen-bond acceptors (Lipinski definition) is 3. The maximum absolute atomic E-state index is 5.50. The van der Waals surface area contributed by atoms with Gasteiger partial charge in [0.1, 0.15) is 5.75 Å². The van der Waals surface area contributed by atoms with E-state index >= 15 is 0 Å². The molecule has 0 amide bonds. The van der Waals surface area contributed by atoms with E-state index in [-0.39, 0.29) is 0 Å². The van der Waals surface area contributed by atoms with Gasteiger partial charge < -0.3 is 10.1 Å². The molecule has 3 heteroatoms. The molecular weight excluding hydrogens is 248 g/mol. The summed E-state index contributed by atoms with van der Waals surface area (Å²) in [5.74, 6) is 0.974. The molecule has 2 rings (SSSR count). The summed E-state index contributed by atoms with van der Waals surface area (Å²) < 4.78 is 5.50. The maximum Gasteiger partial charge on any atom is 0.119 e. The van der Waals surface area contributed by atoms with Gasteiger partial charge in [0.15, 0.2) is 0 Å². The molecule has 1 aliphatic rings. The van der Waals surface area contributed by atoms with Crippen LogP contribution in [-0.2, 0) is 6.54 Å². The SMILES string of the molecule is CCOc1ccc(CN2CCCCC2CCNC)cc1. The van der Waals surface area contributed by atoms with Crippen molar-refractivity contribution in [3.63, 3.8) is 0 Å². The van der Waals surface area contributed by atoms with Crippen LogP contribution in [0.4, 0.5) is 0 Å². The minimum absolute atomic E-state index is 0.734. The zero-order chi connectivity index (χ0) is 14.2. The predicted octanol–water partition coefficient (Wildman–Crippen LogP) is 3.05. The van der Waals surface area contributed by atoms with Gasteiger partial charge in [-0.25, -0.2) is 0 Å². The Balaban J connectivity index is 1.91. The second-order valence-corrected chi connectivity index (χ2v) is 5.59. The first-order valence-corrected chi connectivity index (χ1v) is 7.94. The van der Waals surface area contributed by atoms with Crippen LogP contribution in [0.5, 0.6) is 5.75 Å². The lowest BCUT2D eigenvalue weighted by atomic mass is 9.98. The van der Waals surface area contributed by atoms with Crippen molar-refractivity contribution in [3.8, 4) is 5.75 Å². The van der Waals surface area contributed by atoms with Gasteiger partial charge in [-0.15, -0.1) is 0 Å². The summed E-state index contributed by atoms with van der Waals surface area (Å²) in [6.07, 6.45) is 5.33. The van der Waals surface area contributed by atoms with Crippen LogP contribution >= 0.6 is 0 Å². The molecule has 1 atom stereocenters. The summed E-state index contributed by atoms with van der Waals surface area (Å²) in [4.78, 5) is 2.65. The Morgan fingerprint density at radius 3 is 2.75 bits per heavy atom. The zero-order valence-corrected chi connectivity index (χ0v) is 12.9. The summed E-state index contributed by atoms with van der Waals surface area (Å²) in [6.45, 7) is 6.18. The number of hydrogen-bond donors (Lipinski definition) is 1. The van der Waals surface area contributed by atoms with Crippen molar-refractivity contribution in [2.75, 3.05) is 26.7 Å². The Kier molecular flexibility index (Phi) is 6.34. The van der Waals surface area contributed by atoms with Gasteiger partial charge in [0, 0.05) is 12.6 Å². The van der Waals surface area contributed by atoms with Gasteiger partial charge in [-0.1, -0.05) is 18.6 Å². The average Bonchev–Trinajstić information content (AvgIpc) is 2.49. The van der Waals surface area contributed by atoms with Crippen LogP contribution in [0.15, 0.2) is 24.3 Å². The van der Waals surface area contributed by atoms with E-state index < -0.39 is 0 Å². The van der Waals surface area contributed by atoms with Gasteiger partial charge in [-0.2, -0.15) is 0 Å². The molecule has 0 bridgehead atoms. The Morgan fingerprint density at radius 2 is 2.05 bits per heavy atom. The van der Waals surface area contributed by atoms with Crippen LogP contribution < -0.4 is 10.1 Å². The van der Waals surface area contributed by atoms with Gasteiger partial charge >= 0.3 is 0 Å². The molecule has 0 saturated carbocycles. The molecule has 1 heterocycles. The number of benzene rings is 1. The average molecular weight is 276 g/mol. The summed E-state index contributed by atoms with van der Waals surface area (Å²) in [7, 11) is 2.04. The fraction of sp³-hybridized carbons (Fsp3) is 0.647. The Labute approximate surface area is 123 Å². The number of piperidine rings is 1. The van der Waals surface area contributed by atoms with Crippen molar-refractivity contribution < 1.29 is 4.74 Å². The monoisotopic (exact) mass is 276 g/mol. The number of rotatable bonds is 7. The Hall–Kier alpha value is -1.06. The fourth-order valence-corrected chi connectivity index (χ4v) is 3.00. The molecule has 0 spiro atoms. The molecule has 1 aliphatic heterocycles. The lowest BCUT2D eigenvalue weighted by Gasteiger charge is -2.36. The van der Waals surface area contributed by atoms with Crippen molar-refractivity contribution in [2.24, 2.45) is 0 Å². The van der Waals surface area contributed by atoms with Crippen molar-refractivity contribution in [1.29, 1.82) is 0 Å². The van der Waals surface area contributed by atoms with Crippen molar-refractivity contribution in [2.45, 2.75) is 45.2 Å². The first-order chi connectivity index (χ1) is 9.83. The standard InChI is InChI=1S/C17H28N2O/c1-3-20-17-9-7-15(8-10-17)14-19-13-5-4-6-16(19)11-12-18-2/h7-10,16,18H,3-6,11-14H2,1-2H3. The lowest BCUT2D eigenvalue weighted by molar-refractivity contribution is 0.132. The highest BCUT2D eigenvalue weighted by Gasteiger charge is 2.21. The van der Waals surface area contributed by atoms with Crippen molar-refractivity contribution >= 4 is 0 Å². The summed E-state index contributed by atoms with van der Waals surface area (Å²) >= 11 is 0. The molecule has 1 aromatic carbocycles.